The number of benzene rings is 4. The molecule has 0 spiro atoms. The first-order valence-electron chi connectivity index (χ1n) is 34.3. The molecule has 2 saturated heterocycles. The molecule has 6 aromatic rings. The molecule has 0 radical (unpaired) electrons. The minimum absolute atomic E-state index is 0.0107. The van der Waals surface area contributed by atoms with Gasteiger partial charge in [0.2, 0.25) is 65.0 Å². The molecular formula is C72H81F5N14O14S2. The van der Waals surface area contributed by atoms with E-state index < -0.39 is 156 Å². The number of primary amides is 1. The number of aromatic amines is 2. The van der Waals surface area contributed by atoms with Crippen LogP contribution in [-0.4, -0.2) is 182 Å². The number of amides is 11. The molecule has 6 heterocycles. The molecule has 11 amide bonds. The first-order chi connectivity index (χ1) is 51.0. The fourth-order valence-corrected chi connectivity index (χ4v) is 14.5. The van der Waals surface area contributed by atoms with Crippen LogP contribution in [0.4, 0.5) is 22.0 Å². The van der Waals surface area contributed by atoms with Gasteiger partial charge in [-0.3, -0.25) is 52.7 Å². The van der Waals surface area contributed by atoms with Crippen LogP contribution in [0.3, 0.4) is 0 Å². The maximum absolute atomic E-state index is 15.3. The topological polar surface area (TPSA) is 431 Å². The second-order valence-electron chi connectivity index (χ2n) is 26.3. The zero-order valence-electron chi connectivity index (χ0n) is 57.9. The maximum Gasteiger partial charge on any atom is 0.430 e. The normalized spacial score (nSPS) is 23.6. The van der Waals surface area contributed by atoms with Gasteiger partial charge in [-0.05, 0) is 115 Å². The van der Waals surface area contributed by atoms with Crippen molar-refractivity contribution in [2.24, 2.45) is 5.73 Å². The summed E-state index contributed by atoms with van der Waals surface area (Å²) >= 11 is 2.81. The molecule has 4 aromatic carbocycles. The number of fused-ring (bicyclic) bond motifs is 13. The van der Waals surface area contributed by atoms with Gasteiger partial charge in [0.1, 0.15) is 77.4 Å². The molecule has 8 atom stereocenters. The monoisotopic (exact) mass is 1520 g/mol. The zero-order chi connectivity index (χ0) is 77.1. The van der Waals surface area contributed by atoms with Crippen LogP contribution in [0.1, 0.15) is 92.5 Å². The highest BCUT2D eigenvalue weighted by molar-refractivity contribution is 7.98. The molecule has 35 heteroatoms. The third-order valence-electron chi connectivity index (χ3n) is 18.4. The summed E-state index contributed by atoms with van der Waals surface area (Å²) in [5, 5.41) is 44.2. The number of thioether (sulfide) groups is 2. The van der Waals surface area contributed by atoms with Gasteiger partial charge in [-0.2, -0.15) is 36.7 Å². The third-order valence-corrected chi connectivity index (χ3v) is 20.5. The predicted molar refractivity (Wildman–Crippen MR) is 381 cm³/mol. The second-order valence-corrected chi connectivity index (χ2v) is 28.5. The van der Waals surface area contributed by atoms with Crippen molar-refractivity contribution < 1.29 is 94.7 Å². The number of carbonyl (C=O) groups excluding carboxylic acids is 12. The smallest absolute Gasteiger partial charge is 0.430 e. The van der Waals surface area contributed by atoms with Gasteiger partial charge in [-0.25, -0.2) is 13.8 Å². The Balaban J connectivity index is 0.00000180. The van der Waals surface area contributed by atoms with E-state index in [1.807, 2.05) is 24.3 Å². The molecule has 4 aliphatic rings. The molecule has 0 unspecified atom stereocenters. The first-order valence-corrected chi connectivity index (χ1v) is 36.6. The molecule has 107 heavy (non-hydrogen) atoms. The lowest BCUT2D eigenvalue weighted by molar-refractivity contribution is -0.363. The molecule has 2 aromatic heterocycles. The SMILES string of the molecule is C[C@@]12CCCN1C(=O)[C@H](Cc1ccc(O)cc1)NC(=O)[C@H](CC1=C[NH+]=CC1)NC(=O)[C@@H]1CC(=O)NCCCC[C@H](NC(=O)CCSCc3cccc(c3)CSC[C@@H](C(N)=O)NC2=O)C(=O)NCC(=O)N[C@@H](Cc2c[nH]c3ccc(F)cc23)C(=O)N[C@@H](Cc2c[nH]c3ccc(F)cc23)C(=O)N1.O=C([O-])C(F)(F)F. The van der Waals surface area contributed by atoms with Crippen LogP contribution >= 0.6 is 23.5 Å². The van der Waals surface area contributed by atoms with E-state index in [0.29, 0.717) is 74.2 Å². The van der Waals surface area contributed by atoms with E-state index in [9.17, 15) is 51.4 Å². The maximum atomic E-state index is 15.3. The summed E-state index contributed by atoms with van der Waals surface area (Å²) < 4.78 is 61.4. The van der Waals surface area contributed by atoms with Gasteiger partial charge in [0.05, 0.1) is 19.4 Å². The summed E-state index contributed by atoms with van der Waals surface area (Å²) in [6, 6.07) is 10.9. The van der Waals surface area contributed by atoms with E-state index in [2.05, 4.69) is 62.8 Å². The van der Waals surface area contributed by atoms with Gasteiger partial charge < -0.3 is 83.5 Å². The number of nitrogens with one attached hydrogen (secondary N) is 12. The van der Waals surface area contributed by atoms with E-state index >= 15 is 28.4 Å². The lowest BCUT2D eigenvalue weighted by atomic mass is 9.95. The summed E-state index contributed by atoms with van der Waals surface area (Å²) in [5.74, 6) is -12.1. The number of halogens is 5. The lowest BCUT2D eigenvalue weighted by Crippen LogP contribution is -2.63. The number of carboxylic acids is 1. The average molecular weight is 1530 g/mol. The summed E-state index contributed by atoms with van der Waals surface area (Å²) in [6.07, 6.45) is 0.474. The molecule has 2 fully saturated rings. The van der Waals surface area contributed by atoms with Crippen LogP contribution in [0.2, 0.25) is 0 Å². The number of aromatic hydroxyl groups is 1. The fourth-order valence-electron chi connectivity index (χ4n) is 12.6. The van der Waals surface area contributed by atoms with E-state index in [0.717, 1.165) is 11.1 Å². The van der Waals surface area contributed by atoms with Crippen LogP contribution in [0, 0.1) is 11.6 Å². The molecule has 0 saturated carbocycles. The number of phenols is 1. The van der Waals surface area contributed by atoms with Gasteiger partial charge >= 0.3 is 6.18 Å². The van der Waals surface area contributed by atoms with Crippen molar-refractivity contribution in [1.82, 2.24) is 62.7 Å². The molecular weight excluding hydrogens is 1440 g/mol. The van der Waals surface area contributed by atoms with Crippen molar-refractivity contribution in [3.63, 3.8) is 0 Å². The number of hydrogen-bond acceptors (Lipinski definition) is 16. The van der Waals surface area contributed by atoms with Gasteiger partial charge in [0.25, 0.3) is 0 Å². The minimum Gasteiger partial charge on any atom is -0.542 e. The fraction of sp³-hybridized carbons (Fsp3) is 0.403. The highest BCUT2D eigenvalue weighted by Gasteiger charge is 2.49. The first kappa shape index (κ1) is 80.3. The molecule has 28 nitrogen and oxygen atoms in total. The molecule has 4 bridgehead atoms. The Bertz CT molecular complexity index is 4380. The summed E-state index contributed by atoms with van der Waals surface area (Å²) in [6.45, 7) is 0.867. The van der Waals surface area contributed by atoms with Crippen LogP contribution < -0.4 is 63.7 Å². The van der Waals surface area contributed by atoms with Crippen molar-refractivity contribution in [3.8, 4) is 5.75 Å². The Hall–Kier alpha value is -10.8. The number of carboxylic acid groups (broad SMARTS) is 1. The number of carbonyl (C=O) groups is 12. The number of aliphatic carboxylic acids is 1. The summed E-state index contributed by atoms with van der Waals surface area (Å²) in [4.78, 5) is 179. The number of rotatable bonds is 9. The Kier molecular flexibility index (Phi) is 27.7. The number of hydrogen-bond donors (Lipinski definition) is 14. The number of aromatic nitrogens is 2. The van der Waals surface area contributed by atoms with Crippen molar-refractivity contribution in [2.75, 3.05) is 31.1 Å². The van der Waals surface area contributed by atoms with Crippen LogP contribution in [-0.2, 0) is 88.3 Å². The predicted octanol–water partition coefficient (Wildman–Crippen LogP) is 0.425. The molecule has 10 rings (SSSR count). The van der Waals surface area contributed by atoms with E-state index in [-0.39, 0.29) is 76.0 Å². The summed E-state index contributed by atoms with van der Waals surface area (Å²) in [5.41, 5.74) is 8.84. The summed E-state index contributed by atoms with van der Waals surface area (Å²) in [7, 11) is 0. The number of alkyl halides is 3. The Morgan fingerprint density at radius 3 is 1.87 bits per heavy atom. The average Bonchev–Trinajstić information content (AvgIpc) is 1.70. The van der Waals surface area contributed by atoms with Gasteiger partial charge in [-0.15, -0.1) is 0 Å². The second kappa shape index (κ2) is 36.9. The molecule has 0 aliphatic carbocycles. The Morgan fingerprint density at radius 2 is 1.25 bits per heavy atom. The minimum atomic E-state index is -5.19. The third kappa shape index (κ3) is 22.6. The van der Waals surface area contributed by atoms with E-state index in [4.69, 9.17) is 15.6 Å². The lowest BCUT2D eigenvalue weighted by Gasteiger charge is -2.37. The van der Waals surface area contributed by atoms with Crippen LogP contribution in [0.25, 0.3) is 21.8 Å². The molecule has 4 aliphatic heterocycles. The number of nitrogens with two attached hydrogens (primary N) is 1. The van der Waals surface area contributed by atoms with Gasteiger partial charge in [-0.1, -0.05) is 36.4 Å². The Labute approximate surface area is 617 Å². The van der Waals surface area contributed by atoms with E-state index in [1.165, 1.54) is 89.3 Å². The van der Waals surface area contributed by atoms with Gasteiger partial charge in [0, 0.05) is 108 Å². The molecule has 570 valence electrons. The highest BCUT2D eigenvalue weighted by atomic mass is 32.2. The van der Waals surface area contributed by atoms with Crippen molar-refractivity contribution in [1.29, 1.82) is 0 Å². The van der Waals surface area contributed by atoms with Crippen LogP contribution in [0.5, 0.6) is 5.75 Å². The highest BCUT2D eigenvalue weighted by Crippen LogP contribution is 2.32. The zero-order valence-corrected chi connectivity index (χ0v) is 59.5. The number of phenolic OH excluding ortho intramolecular Hbond substituents is 1. The largest absolute Gasteiger partial charge is 0.542 e. The van der Waals surface area contributed by atoms with Crippen LogP contribution in [0.15, 0.2) is 109 Å². The number of H-pyrrole nitrogens is 2. The van der Waals surface area contributed by atoms with Crippen molar-refractivity contribution in [3.05, 3.63) is 149 Å². The van der Waals surface area contributed by atoms with Crippen molar-refractivity contribution in [2.45, 2.75) is 149 Å². The van der Waals surface area contributed by atoms with Gasteiger partial charge in [0.15, 0.2) is 6.20 Å². The quantitative estimate of drug-likeness (QED) is 0.0873. The van der Waals surface area contributed by atoms with Crippen molar-refractivity contribution >= 4 is 122 Å². The Morgan fingerprint density at radius 1 is 0.654 bits per heavy atom. The standard InChI is InChI=1S/C70H80F2N14O12S2.C2HF3O2/c1-70-19-5-22-86(70)68(97)57(25-39-9-13-47(87)14-10-39)84-64(93)53(26-40-17-21-74-32-40)81-67(96)56-31-60(89)75-20-3-2-8-52(79-59(88)18-23-99-36-41-6-4-7-42(24-41)37-100-38-58(62(73)91)85-69(70)98)63(92)78-35-61(90)80-54(27-43-33-76-50-15-11-45(71)29-48(43)50)65(94)82-55(66(95)83-56)28-44-34-77-51-16-12-46(72)30-49(44)51;3-2(4,5)1(6)7/h4,6-7,9-16,21,24,29-30,32-34,52-58,76-77,87H,2-3,5,8,17-20,22-23,25-28,31,35-38H2,1H3,(H2,73,91)(H,75,89)(H,78,92)(H,79,88)(H,80,90)(H,81,96)(H,82,94)(H,83,95)(H,84,93)(H,85,98);(H,6,7)/t52-,53-,54-,55-,56-,57-,58-,70-;/m0./s1. The van der Waals surface area contributed by atoms with E-state index in [1.54, 1.807) is 31.5 Å². The molecule has 15 N–H and O–H groups in total. The number of nitrogens with zero attached hydrogens (tertiary/aromatic N) is 1.